The number of nitrogens with one attached hydrogen (secondary N) is 2. The summed E-state index contributed by atoms with van der Waals surface area (Å²) in [5.74, 6) is 1.16. The number of likely N-dealkylation sites (tertiary alicyclic amines) is 1. The van der Waals surface area contributed by atoms with Crippen LogP contribution in [0.2, 0.25) is 0 Å². The quantitative estimate of drug-likeness (QED) is 0.567. The highest BCUT2D eigenvalue weighted by molar-refractivity contribution is 7.89. The summed E-state index contributed by atoms with van der Waals surface area (Å²) in [5.41, 5.74) is 2.74. The Bertz CT molecular complexity index is 1020. The molecule has 1 saturated heterocycles. The fraction of sp³-hybridized carbons (Fsp3) is 0.400. The predicted molar refractivity (Wildman–Crippen MR) is 128 cm³/mol. The summed E-state index contributed by atoms with van der Waals surface area (Å²) in [6, 6.07) is 14.1. The van der Waals surface area contributed by atoms with Crippen molar-refractivity contribution in [2.24, 2.45) is 11.8 Å². The van der Waals surface area contributed by atoms with E-state index in [0.717, 1.165) is 25.2 Å². The van der Waals surface area contributed by atoms with Crippen molar-refractivity contribution in [3.05, 3.63) is 77.9 Å². The van der Waals surface area contributed by atoms with Crippen LogP contribution in [0.3, 0.4) is 0 Å². The zero-order valence-corrected chi connectivity index (χ0v) is 19.7. The Morgan fingerprint density at radius 1 is 1.06 bits per heavy atom. The second kappa shape index (κ2) is 10.9. The number of sulfonamides is 1. The number of amides is 1. The normalized spacial score (nSPS) is 19.4. The van der Waals surface area contributed by atoms with Gasteiger partial charge in [-0.15, -0.1) is 6.58 Å². The molecule has 1 amide bonds. The number of hydrogen-bond acceptors (Lipinski definition) is 4. The molecule has 3 rings (SSSR count). The number of carbonyl (C=O) groups is 1. The lowest BCUT2D eigenvalue weighted by Gasteiger charge is -2.35. The molecule has 0 radical (unpaired) electrons. The highest BCUT2D eigenvalue weighted by Crippen LogP contribution is 2.23. The molecule has 6 nitrogen and oxygen atoms in total. The summed E-state index contributed by atoms with van der Waals surface area (Å²) < 4.78 is 26.7. The predicted octanol–water partition coefficient (Wildman–Crippen LogP) is 3.56. The van der Waals surface area contributed by atoms with Gasteiger partial charge < -0.3 is 5.32 Å². The van der Waals surface area contributed by atoms with Crippen molar-refractivity contribution in [3.63, 3.8) is 0 Å². The van der Waals surface area contributed by atoms with Gasteiger partial charge in [0, 0.05) is 38.3 Å². The molecule has 172 valence electrons. The third-order valence-electron chi connectivity index (χ3n) is 5.74. The largest absolute Gasteiger partial charge is 0.348 e. The van der Waals surface area contributed by atoms with Crippen LogP contribution in [0.25, 0.3) is 0 Å². The third-order valence-corrected chi connectivity index (χ3v) is 7.18. The molecule has 1 aliphatic heterocycles. The van der Waals surface area contributed by atoms with Gasteiger partial charge in [0.25, 0.3) is 5.91 Å². The maximum atomic E-state index is 12.6. The Morgan fingerprint density at radius 2 is 1.69 bits per heavy atom. The molecule has 32 heavy (non-hydrogen) atoms. The second-order valence-electron chi connectivity index (χ2n) is 8.76. The molecule has 2 atom stereocenters. The topological polar surface area (TPSA) is 78.5 Å². The number of hydrogen-bond donors (Lipinski definition) is 2. The number of nitrogens with zero attached hydrogens (tertiary/aromatic N) is 1. The molecule has 2 aromatic rings. The van der Waals surface area contributed by atoms with Gasteiger partial charge >= 0.3 is 0 Å². The van der Waals surface area contributed by atoms with Crippen molar-refractivity contribution >= 4 is 15.9 Å². The lowest BCUT2D eigenvalue weighted by Crippen LogP contribution is -2.38. The van der Waals surface area contributed by atoms with Crippen LogP contribution in [-0.2, 0) is 23.1 Å². The van der Waals surface area contributed by atoms with Crippen LogP contribution in [0.5, 0.6) is 0 Å². The summed E-state index contributed by atoms with van der Waals surface area (Å²) in [6.45, 7) is 11.8. The first-order valence-electron chi connectivity index (χ1n) is 11.1. The maximum absolute atomic E-state index is 12.6. The van der Waals surface area contributed by atoms with E-state index in [4.69, 9.17) is 0 Å². The molecular weight excluding hydrogens is 422 g/mol. The Kier molecular flexibility index (Phi) is 8.23. The van der Waals surface area contributed by atoms with Gasteiger partial charge in [-0.05, 0) is 53.6 Å². The minimum atomic E-state index is -3.61. The Labute approximate surface area is 191 Å². The highest BCUT2D eigenvalue weighted by Gasteiger charge is 2.22. The molecule has 0 spiro atoms. The van der Waals surface area contributed by atoms with Crippen LogP contribution >= 0.6 is 0 Å². The summed E-state index contributed by atoms with van der Waals surface area (Å²) >= 11 is 0. The van der Waals surface area contributed by atoms with Gasteiger partial charge in [-0.3, -0.25) is 9.69 Å². The molecule has 1 aliphatic rings. The SMILES string of the molecule is C=CCNS(=O)(=O)c1ccc(C(=O)NCc2ccccc2CN2CC(C)CC(C)C2)cc1. The summed E-state index contributed by atoms with van der Waals surface area (Å²) in [5, 5.41) is 2.97. The van der Waals surface area contributed by atoms with Crippen molar-refractivity contribution in [1.29, 1.82) is 0 Å². The van der Waals surface area contributed by atoms with E-state index in [-0.39, 0.29) is 17.3 Å². The molecule has 2 unspecified atom stereocenters. The lowest BCUT2D eigenvalue weighted by molar-refractivity contribution is 0.0950. The van der Waals surface area contributed by atoms with Crippen LogP contribution in [0.4, 0.5) is 0 Å². The van der Waals surface area contributed by atoms with E-state index in [2.05, 4.69) is 41.4 Å². The minimum absolute atomic E-state index is 0.117. The van der Waals surface area contributed by atoms with Crippen molar-refractivity contribution in [3.8, 4) is 0 Å². The molecular formula is C25H33N3O3S. The molecule has 0 aliphatic carbocycles. The van der Waals surface area contributed by atoms with Crippen LogP contribution in [-0.4, -0.2) is 38.9 Å². The van der Waals surface area contributed by atoms with Gasteiger partial charge in [0.05, 0.1) is 4.90 Å². The van der Waals surface area contributed by atoms with Crippen molar-refractivity contribution in [1.82, 2.24) is 14.9 Å². The van der Waals surface area contributed by atoms with Crippen LogP contribution in [0.15, 0.2) is 66.1 Å². The van der Waals surface area contributed by atoms with Gasteiger partial charge in [0.1, 0.15) is 0 Å². The number of rotatable bonds is 9. The molecule has 2 aromatic carbocycles. The standard InChI is InChI=1S/C25H33N3O3S/c1-4-13-27-32(30,31)24-11-9-21(10-12-24)25(29)26-15-22-7-5-6-8-23(22)18-28-16-19(2)14-20(3)17-28/h4-12,19-20,27H,1,13-18H2,2-3H3,(H,26,29). The summed E-state index contributed by atoms with van der Waals surface area (Å²) in [4.78, 5) is 15.3. The smallest absolute Gasteiger partial charge is 0.251 e. The Hall–Kier alpha value is -2.48. The van der Waals surface area contributed by atoms with E-state index >= 15 is 0 Å². The lowest BCUT2D eigenvalue weighted by atomic mass is 9.91. The molecule has 1 fully saturated rings. The molecule has 2 N–H and O–H groups in total. The molecule has 0 bridgehead atoms. The first kappa shape index (κ1) is 24.2. The van der Waals surface area contributed by atoms with Gasteiger partial charge in [-0.25, -0.2) is 13.1 Å². The van der Waals surface area contributed by atoms with Gasteiger partial charge in [0.15, 0.2) is 0 Å². The second-order valence-corrected chi connectivity index (χ2v) is 10.5. The monoisotopic (exact) mass is 455 g/mol. The van der Waals surface area contributed by atoms with Crippen molar-refractivity contribution < 1.29 is 13.2 Å². The minimum Gasteiger partial charge on any atom is -0.348 e. The van der Waals surface area contributed by atoms with E-state index in [9.17, 15) is 13.2 Å². The highest BCUT2D eigenvalue weighted by atomic mass is 32.2. The summed E-state index contributed by atoms with van der Waals surface area (Å²) in [7, 11) is -3.61. The van der Waals surface area contributed by atoms with Crippen LogP contribution in [0, 0.1) is 11.8 Å². The van der Waals surface area contributed by atoms with E-state index in [1.54, 1.807) is 0 Å². The van der Waals surface area contributed by atoms with Crippen molar-refractivity contribution in [2.75, 3.05) is 19.6 Å². The third kappa shape index (κ3) is 6.51. The van der Waals surface area contributed by atoms with Crippen molar-refractivity contribution in [2.45, 2.75) is 38.3 Å². The maximum Gasteiger partial charge on any atom is 0.251 e. The number of carbonyl (C=O) groups excluding carboxylic acids is 1. The zero-order valence-electron chi connectivity index (χ0n) is 18.9. The van der Waals surface area contributed by atoms with Gasteiger partial charge in [-0.1, -0.05) is 44.2 Å². The molecule has 0 saturated carbocycles. The van der Waals surface area contributed by atoms with Crippen LogP contribution in [0.1, 0.15) is 41.8 Å². The average Bonchev–Trinajstić information content (AvgIpc) is 2.76. The summed E-state index contributed by atoms with van der Waals surface area (Å²) in [6.07, 6.45) is 2.75. The first-order valence-corrected chi connectivity index (χ1v) is 12.5. The van der Waals surface area contributed by atoms with Gasteiger partial charge in [-0.2, -0.15) is 0 Å². The van der Waals surface area contributed by atoms with E-state index in [1.807, 2.05) is 18.2 Å². The molecule has 0 aromatic heterocycles. The molecule has 7 heteroatoms. The number of piperidine rings is 1. The van der Waals surface area contributed by atoms with E-state index in [0.29, 0.717) is 23.9 Å². The average molecular weight is 456 g/mol. The fourth-order valence-electron chi connectivity index (χ4n) is 4.36. The first-order chi connectivity index (χ1) is 15.3. The molecule has 1 heterocycles. The van der Waals surface area contributed by atoms with Crippen LogP contribution < -0.4 is 10.0 Å². The van der Waals surface area contributed by atoms with E-state index < -0.39 is 10.0 Å². The number of benzene rings is 2. The van der Waals surface area contributed by atoms with Gasteiger partial charge in [0.2, 0.25) is 10.0 Å². The Balaban J connectivity index is 1.62. The Morgan fingerprint density at radius 3 is 2.31 bits per heavy atom. The zero-order chi connectivity index (χ0) is 23.1. The fourth-order valence-corrected chi connectivity index (χ4v) is 5.36. The van der Waals surface area contributed by atoms with E-state index in [1.165, 1.54) is 42.3 Å².